The normalized spacial score (nSPS) is 18.8. The van der Waals surface area contributed by atoms with E-state index in [2.05, 4.69) is 10.3 Å². The molecular formula is C21H25FN4O4. The fraction of sp³-hybridized carbons (Fsp3) is 0.524. The molecule has 8 nitrogen and oxygen atoms in total. The first-order chi connectivity index (χ1) is 14.4. The van der Waals surface area contributed by atoms with Crippen LogP contribution in [0.15, 0.2) is 17.1 Å². The molecule has 0 amide bonds. The van der Waals surface area contributed by atoms with E-state index in [0.29, 0.717) is 18.7 Å². The fourth-order valence-corrected chi connectivity index (χ4v) is 3.85. The minimum absolute atomic E-state index is 0.0503. The van der Waals surface area contributed by atoms with Gasteiger partial charge in [-0.2, -0.15) is 0 Å². The van der Waals surface area contributed by atoms with Crippen molar-refractivity contribution in [1.29, 1.82) is 0 Å². The van der Waals surface area contributed by atoms with Crippen LogP contribution >= 0.6 is 0 Å². The van der Waals surface area contributed by atoms with Crippen molar-refractivity contribution in [3.63, 3.8) is 0 Å². The van der Waals surface area contributed by atoms with Crippen LogP contribution in [0.5, 0.6) is 0 Å². The van der Waals surface area contributed by atoms with Gasteiger partial charge in [0.1, 0.15) is 17.0 Å². The van der Waals surface area contributed by atoms with E-state index in [4.69, 9.17) is 4.74 Å². The maximum atomic E-state index is 15.0. The van der Waals surface area contributed by atoms with Gasteiger partial charge in [0.05, 0.1) is 18.5 Å². The van der Waals surface area contributed by atoms with Crippen LogP contribution < -0.4 is 15.6 Å². The maximum absolute atomic E-state index is 15.0. The fourth-order valence-electron chi connectivity index (χ4n) is 3.85. The summed E-state index contributed by atoms with van der Waals surface area (Å²) in [5.74, 6) is -1.07. The molecule has 0 spiro atoms. The van der Waals surface area contributed by atoms with E-state index < -0.39 is 17.2 Å². The number of carbonyl (C=O) groups is 2. The number of nitrogens with one attached hydrogen (secondary N) is 1. The zero-order chi connectivity index (χ0) is 21.4. The van der Waals surface area contributed by atoms with Crippen LogP contribution in [0, 0.1) is 5.82 Å². The Hall–Kier alpha value is -2.81. The van der Waals surface area contributed by atoms with Crippen LogP contribution in [0.1, 0.15) is 49.5 Å². The van der Waals surface area contributed by atoms with Gasteiger partial charge in [0.2, 0.25) is 5.43 Å². The largest absolute Gasteiger partial charge is 0.462 e. The molecule has 160 valence electrons. The Bertz CT molecular complexity index is 1060. The smallest absolute Gasteiger partial charge is 0.343 e. The summed E-state index contributed by atoms with van der Waals surface area (Å²) in [5.41, 5.74) is -0.285. The van der Waals surface area contributed by atoms with Crippen LogP contribution in [0.25, 0.3) is 11.0 Å². The van der Waals surface area contributed by atoms with Crippen LogP contribution in [-0.2, 0) is 9.53 Å². The number of pyridine rings is 2. The van der Waals surface area contributed by atoms with Crippen molar-refractivity contribution in [3.05, 3.63) is 33.9 Å². The third kappa shape index (κ3) is 3.94. The van der Waals surface area contributed by atoms with Gasteiger partial charge in [-0.3, -0.25) is 9.59 Å². The number of halogens is 1. The van der Waals surface area contributed by atoms with Crippen LogP contribution in [0.2, 0.25) is 0 Å². The summed E-state index contributed by atoms with van der Waals surface area (Å²) in [6, 6.07) is 1.39. The predicted octanol–water partition coefficient (Wildman–Crippen LogP) is 1.80. The van der Waals surface area contributed by atoms with E-state index in [1.54, 1.807) is 11.5 Å². The lowest BCUT2D eigenvalue weighted by atomic mass is 10.2. The minimum Gasteiger partial charge on any atom is -0.462 e. The van der Waals surface area contributed by atoms with E-state index >= 15 is 0 Å². The van der Waals surface area contributed by atoms with Crippen molar-refractivity contribution < 1.29 is 18.7 Å². The number of carbonyl (C=O) groups excluding carboxylic acids is 2. The Morgan fingerprint density at radius 2 is 2.10 bits per heavy atom. The SMILES string of the molecule is CCOC(=O)c1cn(C2CC2)c2nc(N3CCC(NCC(C)=O)C3)c(F)cc2c1=O. The Morgan fingerprint density at radius 1 is 1.33 bits per heavy atom. The predicted molar refractivity (Wildman–Crippen MR) is 109 cm³/mol. The second-order valence-corrected chi connectivity index (χ2v) is 7.91. The van der Waals surface area contributed by atoms with Gasteiger partial charge in [-0.05, 0) is 39.2 Å². The van der Waals surface area contributed by atoms with Gasteiger partial charge in [0.25, 0.3) is 0 Å². The molecule has 0 radical (unpaired) electrons. The molecule has 2 aliphatic rings. The van der Waals surface area contributed by atoms with Gasteiger partial charge >= 0.3 is 5.97 Å². The highest BCUT2D eigenvalue weighted by molar-refractivity contribution is 5.93. The molecule has 1 N–H and O–H groups in total. The first kappa shape index (κ1) is 20.5. The second-order valence-electron chi connectivity index (χ2n) is 7.91. The summed E-state index contributed by atoms with van der Waals surface area (Å²) in [6.45, 7) is 4.74. The molecule has 0 aromatic carbocycles. The molecule has 3 heterocycles. The first-order valence-electron chi connectivity index (χ1n) is 10.3. The number of Topliss-reactive ketones (excluding diaryl/α,β-unsaturated/α-hetero) is 1. The van der Waals surface area contributed by atoms with Gasteiger partial charge < -0.3 is 19.5 Å². The number of aromatic nitrogens is 2. The lowest BCUT2D eigenvalue weighted by molar-refractivity contribution is -0.116. The van der Waals surface area contributed by atoms with Gasteiger partial charge in [0.15, 0.2) is 11.6 Å². The third-order valence-corrected chi connectivity index (χ3v) is 5.50. The first-order valence-corrected chi connectivity index (χ1v) is 10.3. The molecule has 1 aliphatic heterocycles. The van der Waals surface area contributed by atoms with Gasteiger partial charge in [-0.15, -0.1) is 0 Å². The average Bonchev–Trinajstić information content (AvgIpc) is 3.44. The van der Waals surface area contributed by atoms with Crippen LogP contribution in [-0.4, -0.2) is 53.6 Å². The number of hydrogen-bond donors (Lipinski definition) is 1. The number of ether oxygens (including phenoxy) is 1. The molecule has 4 rings (SSSR count). The van der Waals surface area contributed by atoms with Crippen molar-refractivity contribution in [3.8, 4) is 0 Å². The minimum atomic E-state index is -0.706. The van der Waals surface area contributed by atoms with Crippen LogP contribution in [0.3, 0.4) is 0 Å². The Morgan fingerprint density at radius 3 is 2.77 bits per heavy atom. The highest BCUT2D eigenvalue weighted by Gasteiger charge is 2.30. The summed E-state index contributed by atoms with van der Waals surface area (Å²) in [6.07, 6.45) is 4.09. The monoisotopic (exact) mass is 416 g/mol. The number of rotatable bonds is 7. The van der Waals surface area contributed by atoms with Crippen molar-refractivity contribution in [2.75, 3.05) is 31.1 Å². The van der Waals surface area contributed by atoms with Crippen molar-refractivity contribution >= 4 is 28.6 Å². The lowest BCUT2D eigenvalue weighted by Crippen LogP contribution is -2.35. The van der Waals surface area contributed by atoms with E-state index in [1.165, 1.54) is 19.2 Å². The molecule has 0 bridgehead atoms. The molecule has 30 heavy (non-hydrogen) atoms. The quantitative estimate of drug-likeness (QED) is 0.688. The van der Waals surface area contributed by atoms with E-state index in [-0.39, 0.29) is 47.8 Å². The van der Waals surface area contributed by atoms with E-state index in [1.807, 2.05) is 4.90 Å². The number of anilines is 1. The van der Waals surface area contributed by atoms with Gasteiger partial charge in [-0.1, -0.05) is 0 Å². The molecule has 2 fully saturated rings. The molecule has 2 aromatic heterocycles. The van der Waals surface area contributed by atoms with Crippen molar-refractivity contribution in [2.45, 2.75) is 45.2 Å². The Labute approximate surface area is 173 Å². The zero-order valence-electron chi connectivity index (χ0n) is 17.1. The average molecular weight is 416 g/mol. The number of ketones is 1. The van der Waals surface area contributed by atoms with E-state index in [9.17, 15) is 18.8 Å². The summed E-state index contributed by atoms with van der Waals surface area (Å²) in [5, 5.41) is 3.25. The highest BCUT2D eigenvalue weighted by Crippen LogP contribution is 2.37. The molecule has 1 saturated carbocycles. The van der Waals surface area contributed by atoms with Gasteiger partial charge in [-0.25, -0.2) is 14.2 Å². The molecule has 1 unspecified atom stereocenters. The molecular weight excluding hydrogens is 391 g/mol. The van der Waals surface area contributed by atoms with Crippen molar-refractivity contribution in [1.82, 2.24) is 14.9 Å². The van der Waals surface area contributed by atoms with Crippen LogP contribution in [0.4, 0.5) is 10.2 Å². The summed E-state index contributed by atoms with van der Waals surface area (Å²) in [4.78, 5) is 42.6. The summed E-state index contributed by atoms with van der Waals surface area (Å²) in [7, 11) is 0. The Balaban J connectivity index is 1.72. The van der Waals surface area contributed by atoms with Gasteiger partial charge in [0, 0.05) is 31.4 Å². The third-order valence-electron chi connectivity index (χ3n) is 5.50. The number of fused-ring (bicyclic) bond motifs is 1. The summed E-state index contributed by atoms with van der Waals surface area (Å²) < 4.78 is 21.8. The number of hydrogen-bond acceptors (Lipinski definition) is 7. The van der Waals surface area contributed by atoms with Crippen molar-refractivity contribution in [2.24, 2.45) is 0 Å². The number of esters is 1. The summed E-state index contributed by atoms with van der Waals surface area (Å²) >= 11 is 0. The number of nitrogens with zero attached hydrogens (tertiary/aromatic N) is 3. The molecule has 1 saturated heterocycles. The topological polar surface area (TPSA) is 93.5 Å². The molecule has 1 aliphatic carbocycles. The highest BCUT2D eigenvalue weighted by atomic mass is 19.1. The molecule has 1 atom stereocenters. The zero-order valence-corrected chi connectivity index (χ0v) is 17.1. The lowest BCUT2D eigenvalue weighted by Gasteiger charge is -2.20. The molecule has 9 heteroatoms. The maximum Gasteiger partial charge on any atom is 0.343 e. The standard InChI is InChI=1S/C21H25FN4O4/c1-3-30-21(29)16-11-26(14-4-5-14)19-15(18(16)28)8-17(22)20(24-19)25-7-6-13(10-25)23-9-12(2)27/h8,11,13-14,23H,3-7,9-10H2,1-2H3. The van der Waals surface area contributed by atoms with E-state index in [0.717, 1.165) is 19.3 Å². The molecule has 2 aromatic rings. The Kier molecular flexibility index (Phi) is 5.55. The second kappa shape index (κ2) is 8.14.